The molecule has 7 heteroatoms. The number of fused-ring (bicyclic) bond motifs is 1. The highest BCUT2D eigenvalue weighted by Gasteiger charge is 2.19. The van der Waals surface area contributed by atoms with Gasteiger partial charge in [0.15, 0.2) is 0 Å². The van der Waals surface area contributed by atoms with Crippen molar-refractivity contribution in [3.05, 3.63) is 54.6 Å². The molecule has 0 amide bonds. The molecule has 1 aromatic heterocycles. The number of piperazine rings is 1. The van der Waals surface area contributed by atoms with E-state index in [4.69, 9.17) is 14.8 Å². The van der Waals surface area contributed by atoms with E-state index in [9.17, 15) is 0 Å². The van der Waals surface area contributed by atoms with Crippen LogP contribution in [0.5, 0.6) is 5.75 Å². The van der Waals surface area contributed by atoms with Gasteiger partial charge in [-0.3, -0.25) is 0 Å². The summed E-state index contributed by atoms with van der Waals surface area (Å²) in [6.45, 7) is 7.81. The summed E-state index contributed by atoms with van der Waals surface area (Å²) in [5.74, 6) is 1.83. The summed E-state index contributed by atoms with van der Waals surface area (Å²) < 4.78 is 5.47. The Kier molecular flexibility index (Phi) is 9.18. The SMILES string of the molecule is CCN1CCN(c2nc(-c3ccc(OCCO)cc3)cc3ccccc23)CC1.Cl.Cl. The van der Waals surface area contributed by atoms with Gasteiger partial charge in [0.1, 0.15) is 18.2 Å². The molecule has 0 radical (unpaired) electrons. The maximum absolute atomic E-state index is 8.90. The number of anilines is 1. The van der Waals surface area contributed by atoms with Crippen LogP contribution in [0.15, 0.2) is 54.6 Å². The normalized spacial score (nSPS) is 14.1. The van der Waals surface area contributed by atoms with Crippen LogP contribution in [0.4, 0.5) is 5.82 Å². The summed E-state index contributed by atoms with van der Waals surface area (Å²) >= 11 is 0. The highest BCUT2D eigenvalue weighted by Crippen LogP contribution is 2.31. The summed E-state index contributed by atoms with van der Waals surface area (Å²) in [7, 11) is 0. The topological polar surface area (TPSA) is 48.8 Å². The molecule has 0 saturated carbocycles. The van der Waals surface area contributed by atoms with Crippen LogP contribution in [0.25, 0.3) is 22.0 Å². The van der Waals surface area contributed by atoms with Gasteiger partial charge < -0.3 is 19.6 Å². The lowest BCUT2D eigenvalue weighted by atomic mass is 10.1. The first-order valence-electron chi connectivity index (χ1n) is 9.99. The third kappa shape index (κ3) is 5.35. The number of aromatic nitrogens is 1. The van der Waals surface area contributed by atoms with Gasteiger partial charge >= 0.3 is 0 Å². The standard InChI is InChI=1S/C23H27N3O2.2ClH/c1-2-25-11-13-26(14-12-25)23-21-6-4-3-5-19(21)17-22(24-23)18-7-9-20(10-8-18)28-16-15-27;;/h3-10,17,27H,2,11-16H2,1H3;2*1H. The average Bonchev–Trinajstić information content (AvgIpc) is 2.77. The van der Waals surface area contributed by atoms with Crippen molar-refractivity contribution in [3.63, 3.8) is 0 Å². The molecular weight excluding hydrogens is 421 g/mol. The smallest absolute Gasteiger partial charge is 0.137 e. The van der Waals surface area contributed by atoms with Gasteiger partial charge in [-0.2, -0.15) is 0 Å². The highest BCUT2D eigenvalue weighted by molar-refractivity contribution is 5.95. The van der Waals surface area contributed by atoms with Gasteiger partial charge in [-0.05, 0) is 42.3 Å². The second-order valence-electron chi connectivity index (χ2n) is 7.07. The fourth-order valence-electron chi connectivity index (χ4n) is 3.73. The van der Waals surface area contributed by atoms with E-state index in [1.165, 1.54) is 10.8 Å². The second kappa shape index (κ2) is 11.4. The fraction of sp³-hybridized carbons (Fsp3) is 0.348. The number of likely N-dealkylation sites (N-methyl/N-ethyl adjacent to an activating group) is 1. The van der Waals surface area contributed by atoms with Crippen molar-refractivity contribution < 1.29 is 9.84 Å². The number of ether oxygens (including phenoxy) is 1. The number of hydrogen-bond donors (Lipinski definition) is 1. The van der Waals surface area contributed by atoms with Gasteiger partial charge in [-0.1, -0.05) is 31.2 Å². The third-order valence-electron chi connectivity index (χ3n) is 5.35. The molecule has 2 heterocycles. The first-order chi connectivity index (χ1) is 13.8. The van der Waals surface area contributed by atoms with Gasteiger partial charge in [0.2, 0.25) is 0 Å². The van der Waals surface area contributed by atoms with E-state index in [2.05, 4.69) is 47.1 Å². The number of halogens is 2. The Morgan fingerprint density at radius 2 is 1.67 bits per heavy atom. The zero-order chi connectivity index (χ0) is 19.3. The van der Waals surface area contributed by atoms with Crippen molar-refractivity contribution in [2.45, 2.75) is 6.92 Å². The van der Waals surface area contributed by atoms with E-state index in [0.29, 0.717) is 6.61 Å². The summed E-state index contributed by atoms with van der Waals surface area (Å²) in [5, 5.41) is 11.3. The molecule has 1 N–H and O–H groups in total. The molecule has 5 nitrogen and oxygen atoms in total. The zero-order valence-electron chi connectivity index (χ0n) is 17.2. The lowest BCUT2D eigenvalue weighted by Gasteiger charge is -2.35. The third-order valence-corrected chi connectivity index (χ3v) is 5.35. The van der Waals surface area contributed by atoms with Crippen LogP contribution >= 0.6 is 24.8 Å². The Hall–Kier alpha value is -2.05. The van der Waals surface area contributed by atoms with Crippen molar-refractivity contribution >= 4 is 41.4 Å². The molecule has 2 aromatic carbocycles. The molecule has 1 aliphatic rings. The monoisotopic (exact) mass is 449 g/mol. The van der Waals surface area contributed by atoms with E-state index in [1.807, 2.05) is 24.3 Å². The van der Waals surface area contributed by atoms with Gasteiger partial charge in [0, 0.05) is 37.1 Å². The number of pyridine rings is 1. The molecule has 0 unspecified atom stereocenters. The molecule has 1 aliphatic heterocycles. The molecule has 30 heavy (non-hydrogen) atoms. The maximum atomic E-state index is 8.90. The van der Waals surface area contributed by atoms with Crippen LogP contribution in [-0.2, 0) is 0 Å². The summed E-state index contributed by atoms with van der Waals surface area (Å²) in [4.78, 5) is 9.96. The molecule has 0 atom stereocenters. The van der Waals surface area contributed by atoms with Crippen LogP contribution < -0.4 is 9.64 Å². The number of hydrogen-bond acceptors (Lipinski definition) is 5. The summed E-state index contributed by atoms with van der Waals surface area (Å²) in [6, 6.07) is 18.6. The summed E-state index contributed by atoms with van der Waals surface area (Å²) in [5.41, 5.74) is 2.04. The quantitative estimate of drug-likeness (QED) is 0.608. The van der Waals surface area contributed by atoms with Crippen molar-refractivity contribution in [2.75, 3.05) is 50.8 Å². The van der Waals surface area contributed by atoms with Gasteiger partial charge in [-0.25, -0.2) is 4.98 Å². The van der Waals surface area contributed by atoms with E-state index in [1.54, 1.807) is 0 Å². The predicted molar refractivity (Wildman–Crippen MR) is 129 cm³/mol. The van der Waals surface area contributed by atoms with Crippen molar-refractivity contribution in [2.24, 2.45) is 0 Å². The van der Waals surface area contributed by atoms with Gasteiger partial charge in [0.05, 0.1) is 12.3 Å². The van der Waals surface area contributed by atoms with E-state index >= 15 is 0 Å². The van der Waals surface area contributed by atoms with Crippen LogP contribution in [0.2, 0.25) is 0 Å². The Balaban J connectivity index is 0.00000160. The minimum Gasteiger partial charge on any atom is -0.491 e. The Bertz CT molecular complexity index is 929. The van der Waals surface area contributed by atoms with Crippen molar-refractivity contribution in [1.29, 1.82) is 0 Å². The largest absolute Gasteiger partial charge is 0.491 e. The zero-order valence-corrected chi connectivity index (χ0v) is 18.8. The Morgan fingerprint density at radius 1 is 0.967 bits per heavy atom. The predicted octanol–water partition coefficient (Wildman–Crippen LogP) is 4.26. The fourth-order valence-corrected chi connectivity index (χ4v) is 3.73. The molecule has 162 valence electrons. The van der Waals surface area contributed by atoms with E-state index < -0.39 is 0 Å². The lowest BCUT2D eigenvalue weighted by Crippen LogP contribution is -2.46. The number of aliphatic hydroxyl groups excluding tert-OH is 1. The van der Waals surface area contributed by atoms with Crippen LogP contribution in [0.1, 0.15) is 6.92 Å². The lowest BCUT2D eigenvalue weighted by molar-refractivity contribution is 0.201. The molecular formula is C23H29Cl2N3O2. The average molecular weight is 450 g/mol. The van der Waals surface area contributed by atoms with Gasteiger partial charge in [-0.15, -0.1) is 24.8 Å². The Morgan fingerprint density at radius 3 is 2.33 bits per heavy atom. The van der Waals surface area contributed by atoms with Gasteiger partial charge in [0.25, 0.3) is 0 Å². The van der Waals surface area contributed by atoms with Crippen LogP contribution in [-0.4, -0.2) is 60.9 Å². The van der Waals surface area contributed by atoms with E-state index in [-0.39, 0.29) is 31.4 Å². The molecule has 1 fully saturated rings. The molecule has 0 spiro atoms. The number of nitrogens with zero attached hydrogens (tertiary/aromatic N) is 3. The molecule has 0 bridgehead atoms. The number of benzene rings is 2. The van der Waals surface area contributed by atoms with E-state index in [0.717, 1.165) is 55.5 Å². The summed E-state index contributed by atoms with van der Waals surface area (Å²) in [6.07, 6.45) is 0. The number of aliphatic hydroxyl groups is 1. The Labute approximate surface area is 190 Å². The molecule has 1 saturated heterocycles. The van der Waals surface area contributed by atoms with Crippen molar-refractivity contribution in [3.8, 4) is 17.0 Å². The molecule has 4 rings (SSSR count). The van der Waals surface area contributed by atoms with Crippen molar-refractivity contribution in [1.82, 2.24) is 9.88 Å². The first kappa shape index (κ1) is 24.2. The first-order valence-corrected chi connectivity index (χ1v) is 9.99. The maximum Gasteiger partial charge on any atom is 0.137 e. The molecule has 3 aromatic rings. The minimum atomic E-state index is 0. The van der Waals surface area contributed by atoms with Crippen LogP contribution in [0.3, 0.4) is 0 Å². The van der Waals surface area contributed by atoms with Crippen LogP contribution in [0, 0.1) is 0 Å². The number of rotatable bonds is 6. The highest BCUT2D eigenvalue weighted by atomic mass is 35.5. The molecule has 0 aliphatic carbocycles. The second-order valence-corrected chi connectivity index (χ2v) is 7.07. The minimum absolute atomic E-state index is 0.